The molecule has 0 heterocycles. The first kappa shape index (κ1) is 14.4. The Hall–Kier alpha value is -1.01. The van der Waals surface area contributed by atoms with Crippen molar-refractivity contribution in [1.82, 2.24) is 0 Å². The summed E-state index contributed by atoms with van der Waals surface area (Å²) in [7, 11) is 0. The van der Waals surface area contributed by atoms with Crippen LogP contribution < -0.4 is 5.32 Å². The quantitative estimate of drug-likeness (QED) is 0.852. The fraction of sp³-hybridized carbons (Fsp3) is 0.562. The third-order valence-corrected chi connectivity index (χ3v) is 4.76. The van der Waals surface area contributed by atoms with E-state index in [1.54, 1.807) is 0 Å². The third-order valence-electron chi connectivity index (χ3n) is 4.10. The van der Waals surface area contributed by atoms with Crippen LogP contribution in [0, 0.1) is 23.2 Å². The zero-order valence-electron chi connectivity index (χ0n) is 11.5. The van der Waals surface area contributed by atoms with Gasteiger partial charge in [0.2, 0.25) is 0 Å². The fourth-order valence-corrected chi connectivity index (χ4v) is 3.28. The molecule has 0 aromatic heterocycles. The molecule has 0 spiro atoms. The Balaban J connectivity index is 1.78. The molecule has 3 heteroatoms. The van der Waals surface area contributed by atoms with Crippen LogP contribution in [-0.2, 0) is 0 Å². The lowest BCUT2D eigenvalue weighted by molar-refractivity contribution is 0.282. The first-order chi connectivity index (χ1) is 9.19. The van der Waals surface area contributed by atoms with Crippen LogP contribution in [0.3, 0.4) is 0 Å². The number of nitriles is 1. The molecule has 1 saturated carbocycles. The van der Waals surface area contributed by atoms with E-state index in [0.29, 0.717) is 5.56 Å². The van der Waals surface area contributed by atoms with Crippen molar-refractivity contribution >= 4 is 21.6 Å². The van der Waals surface area contributed by atoms with E-state index in [1.165, 1.54) is 32.1 Å². The van der Waals surface area contributed by atoms with Crippen LogP contribution in [0.1, 0.15) is 44.6 Å². The van der Waals surface area contributed by atoms with Gasteiger partial charge in [-0.25, -0.2) is 0 Å². The summed E-state index contributed by atoms with van der Waals surface area (Å²) in [5.41, 5.74) is 1.78. The molecule has 1 aliphatic rings. The Morgan fingerprint density at radius 3 is 2.68 bits per heavy atom. The van der Waals surface area contributed by atoms with E-state index in [0.717, 1.165) is 28.5 Å². The van der Waals surface area contributed by atoms with Gasteiger partial charge in [-0.05, 0) is 52.4 Å². The van der Waals surface area contributed by atoms with Crippen molar-refractivity contribution in [2.24, 2.45) is 11.8 Å². The zero-order valence-corrected chi connectivity index (χ0v) is 13.0. The molecule has 1 aromatic rings. The van der Waals surface area contributed by atoms with E-state index in [2.05, 4.69) is 34.2 Å². The van der Waals surface area contributed by atoms with Crippen LogP contribution in [0.2, 0.25) is 0 Å². The second-order valence-electron chi connectivity index (χ2n) is 5.65. The molecule has 0 saturated heterocycles. The summed E-state index contributed by atoms with van der Waals surface area (Å²) in [5, 5.41) is 12.3. The van der Waals surface area contributed by atoms with Crippen molar-refractivity contribution in [1.29, 1.82) is 5.26 Å². The fourth-order valence-electron chi connectivity index (χ4n) is 2.76. The predicted octanol–water partition coefficient (Wildman–Crippen LogP) is 4.95. The maximum Gasteiger partial charge on any atom is 0.0992 e. The van der Waals surface area contributed by atoms with Crippen molar-refractivity contribution in [2.75, 3.05) is 11.9 Å². The van der Waals surface area contributed by atoms with E-state index in [4.69, 9.17) is 5.26 Å². The van der Waals surface area contributed by atoms with Crippen LogP contribution in [0.25, 0.3) is 0 Å². The lowest BCUT2D eigenvalue weighted by atomic mass is 9.81. The Morgan fingerprint density at radius 1 is 1.32 bits per heavy atom. The molecular formula is C16H21BrN2. The molecule has 2 rings (SSSR count). The number of rotatable bonds is 4. The minimum Gasteiger partial charge on any atom is -0.384 e. The molecule has 1 aromatic carbocycles. The van der Waals surface area contributed by atoms with E-state index in [1.807, 2.05) is 18.2 Å². The van der Waals surface area contributed by atoms with Crippen molar-refractivity contribution in [2.45, 2.75) is 39.0 Å². The molecule has 0 unspecified atom stereocenters. The van der Waals surface area contributed by atoms with Gasteiger partial charge in [-0.15, -0.1) is 0 Å². The second-order valence-corrected chi connectivity index (χ2v) is 6.50. The highest BCUT2D eigenvalue weighted by Crippen LogP contribution is 2.30. The summed E-state index contributed by atoms with van der Waals surface area (Å²) < 4.78 is 0.976. The zero-order chi connectivity index (χ0) is 13.7. The first-order valence-corrected chi connectivity index (χ1v) is 7.92. The molecule has 0 aliphatic heterocycles. The van der Waals surface area contributed by atoms with Crippen LogP contribution in [-0.4, -0.2) is 6.54 Å². The molecule has 102 valence electrons. The number of hydrogen-bond donors (Lipinski definition) is 1. The molecular weight excluding hydrogens is 300 g/mol. The molecule has 1 N–H and O–H groups in total. The second kappa shape index (κ2) is 6.96. The van der Waals surface area contributed by atoms with E-state index >= 15 is 0 Å². The predicted molar refractivity (Wildman–Crippen MR) is 83.1 cm³/mol. The number of nitrogens with zero attached hydrogens (tertiary/aromatic N) is 1. The lowest BCUT2D eigenvalue weighted by Gasteiger charge is -2.26. The van der Waals surface area contributed by atoms with Crippen molar-refractivity contribution in [3.05, 3.63) is 28.2 Å². The average Bonchev–Trinajstić information content (AvgIpc) is 2.42. The summed E-state index contributed by atoms with van der Waals surface area (Å²) in [4.78, 5) is 0. The Labute approximate surface area is 124 Å². The number of anilines is 1. The van der Waals surface area contributed by atoms with Gasteiger partial charge in [-0.1, -0.05) is 32.6 Å². The normalized spacial score (nSPS) is 22.8. The van der Waals surface area contributed by atoms with Gasteiger partial charge >= 0.3 is 0 Å². The first-order valence-electron chi connectivity index (χ1n) is 7.12. The molecule has 19 heavy (non-hydrogen) atoms. The minimum absolute atomic E-state index is 0.693. The highest BCUT2D eigenvalue weighted by Gasteiger charge is 2.17. The molecule has 1 aliphatic carbocycles. The van der Waals surface area contributed by atoms with Crippen LogP contribution in [0.4, 0.5) is 5.69 Å². The minimum atomic E-state index is 0.693. The topological polar surface area (TPSA) is 35.8 Å². The lowest BCUT2D eigenvalue weighted by Crippen LogP contribution is -2.15. The number of benzene rings is 1. The monoisotopic (exact) mass is 320 g/mol. The maximum atomic E-state index is 8.83. The van der Waals surface area contributed by atoms with Crippen LogP contribution in [0.5, 0.6) is 0 Å². The SMILES string of the molecule is CC1CCC(CCNc2ccc(C#N)cc2Br)CC1. The summed E-state index contributed by atoms with van der Waals surface area (Å²) >= 11 is 3.51. The Morgan fingerprint density at radius 2 is 2.05 bits per heavy atom. The van der Waals surface area contributed by atoms with Gasteiger partial charge in [-0.2, -0.15) is 5.26 Å². The molecule has 0 amide bonds. The summed E-state index contributed by atoms with van der Waals surface area (Å²) in [6.07, 6.45) is 6.81. The van der Waals surface area contributed by atoms with Gasteiger partial charge in [0.05, 0.1) is 11.6 Å². The summed E-state index contributed by atoms with van der Waals surface area (Å²) in [6.45, 7) is 3.38. The largest absolute Gasteiger partial charge is 0.384 e. The highest BCUT2D eigenvalue weighted by atomic mass is 79.9. The standard InChI is InChI=1S/C16H21BrN2/c1-12-2-4-13(5-3-12)8-9-19-16-7-6-14(11-18)10-15(16)17/h6-7,10,12-13,19H,2-5,8-9H2,1H3. The Bertz CT molecular complexity index is 456. The number of hydrogen-bond acceptors (Lipinski definition) is 2. The Kier molecular flexibility index (Phi) is 5.27. The molecule has 1 fully saturated rings. The average molecular weight is 321 g/mol. The molecule has 2 nitrogen and oxygen atoms in total. The number of nitrogens with one attached hydrogen (secondary N) is 1. The van der Waals surface area contributed by atoms with E-state index < -0.39 is 0 Å². The summed E-state index contributed by atoms with van der Waals surface area (Å²) in [5.74, 6) is 1.82. The van der Waals surface area contributed by atoms with Crippen molar-refractivity contribution < 1.29 is 0 Å². The van der Waals surface area contributed by atoms with Crippen molar-refractivity contribution in [3.63, 3.8) is 0 Å². The van der Waals surface area contributed by atoms with Gasteiger partial charge in [0.1, 0.15) is 0 Å². The third kappa shape index (κ3) is 4.24. The van der Waals surface area contributed by atoms with Gasteiger partial charge < -0.3 is 5.32 Å². The smallest absolute Gasteiger partial charge is 0.0992 e. The van der Waals surface area contributed by atoms with Gasteiger partial charge in [0.25, 0.3) is 0 Å². The van der Waals surface area contributed by atoms with E-state index in [-0.39, 0.29) is 0 Å². The molecule has 0 radical (unpaired) electrons. The van der Waals surface area contributed by atoms with Crippen LogP contribution in [0.15, 0.2) is 22.7 Å². The van der Waals surface area contributed by atoms with E-state index in [9.17, 15) is 0 Å². The van der Waals surface area contributed by atoms with Gasteiger partial charge in [-0.3, -0.25) is 0 Å². The molecule has 0 bridgehead atoms. The highest BCUT2D eigenvalue weighted by molar-refractivity contribution is 9.10. The molecule has 0 atom stereocenters. The maximum absolute atomic E-state index is 8.83. The van der Waals surface area contributed by atoms with Crippen LogP contribution >= 0.6 is 15.9 Å². The van der Waals surface area contributed by atoms with Crippen molar-refractivity contribution in [3.8, 4) is 6.07 Å². The number of halogens is 1. The summed E-state index contributed by atoms with van der Waals surface area (Å²) in [6, 6.07) is 7.85. The van der Waals surface area contributed by atoms with Gasteiger partial charge in [0.15, 0.2) is 0 Å². The van der Waals surface area contributed by atoms with Gasteiger partial charge in [0, 0.05) is 16.7 Å².